The van der Waals surface area contributed by atoms with Crippen molar-refractivity contribution >= 4 is 80.4 Å². The monoisotopic (exact) mass is 1840 g/mol. The van der Waals surface area contributed by atoms with Gasteiger partial charge in [-0.05, 0) is 378 Å². The average molecular weight is 1840 g/mol. The highest BCUT2D eigenvalue weighted by Crippen LogP contribution is 2.66. The van der Waals surface area contributed by atoms with Crippen molar-refractivity contribution in [1.82, 2.24) is 0 Å². The van der Waals surface area contributed by atoms with Gasteiger partial charge in [-0.1, -0.05) is 72.7 Å². The highest BCUT2D eigenvalue weighted by molar-refractivity contribution is 7.87. The maximum atomic E-state index is 15.8. The summed E-state index contributed by atoms with van der Waals surface area (Å²) in [5.74, 6) is -1.72. The Morgan fingerprint density at radius 1 is 0.415 bits per heavy atom. The molecule has 12 unspecified atom stereocenters. The summed E-state index contributed by atoms with van der Waals surface area (Å²) >= 11 is 0. The van der Waals surface area contributed by atoms with E-state index in [2.05, 4.69) is 24.2 Å². The molecule has 710 valence electrons. The Kier molecular flexibility index (Phi) is 24.7. The zero-order valence-electron chi connectivity index (χ0n) is 77.9. The van der Waals surface area contributed by atoms with Gasteiger partial charge in [-0.3, -0.25) is 37.3 Å². The topological polar surface area (TPSA) is 362 Å². The number of hydrogen-bond acceptors (Lipinski definition) is 26. The van der Waals surface area contributed by atoms with Gasteiger partial charge >= 0.3 is 68.0 Å². The second-order valence-electron chi connectivity index (χ2n) is 46.6. The molecule has 130 heavy (non-hydrogen) atoms. The first-order valence-corrected chi connectivity index (χ1v) is 51.2. The van der Waals surface area contributed by atoms with Gasteiger partial charge in [-0.2, -0.15) is 16.8 Å². The van der Waals surface area contributed by atoms with Crippen molar-refractivity contribution in [2.24, 2.45) is 114 Å². The van der Waals surface area contributed by atoms with Crippen LogP contribution in [0.2, 0.25) is 0 Å². The number of nitrogens with zero attached hydrogens (tertiary/aromatic N) is 2. The maximum absolute atomic E-state index is 15.8. The van der Waals surface area contributed by atoms with Crippen molar-refractivity contribution in [1.29, 1.82) is 0 Å². The number of oxime groups is 2. The van der Waals surface area contributed by atoms with E-state index in [0.29, 0.717) is 123 Å². The lowest BCUT2D eigenvalue weighted by Crippen LogP contribution is -2.61. The van der Waals surface area contributed by atoms with Gasteiger partial charge in [0.05, 0.1) is 69.3 Å². The SMILES string of the molecule is CCC(CC(C)(CC(C)(CC(C)(C)C(=O)OC1(C)C2CC3CC(C2)CC1C3)C(=O)OC1CCOC1=O)C(=O)OC12CC3CC(CC(O)(C3)C1)C2)c1ccc(S(=O)(=O)O/N=C\c2ccc(/C=N\OS(=O)(=O)c3ccc(C(CC)CC(C)(CC(C)(CC(C)(C)C(=O)OC4(C)C5CC6CC(C5)CC4C6)C(=O)OC4CCOC4=O)C(=O)OC45CC6CC(CC(O)(C6)C4)C5)cc3)cc2)cc1. The third-order valence-electron chi connectivity index (χ3n) is 34.6. The van der Waals surface area contributed by atoms with E-state index in [9.17, 15) is 46.2 Å². The van der Waals surface area contributed by atoms with Gasteiger partial charge in [0.15, 0.2) is 0 Å². The molecular formula is C102H136N2O24S2. The highest BCUT2D eigenvalue weighted by atomic mass is 32.2. The number of carbonyl (C=O) groups is 8. The lowest BCUT2D eigenvalue weighted by atomic mass is 9.50. The van der Waals surface area contributed by atoms with Crippen LogP contribution in [0.5, 0.6) is 0 Å². The summed E-state index contributed by atoms with van der Waals surface area (Å²) < 4.78 is 116. The molecule has 16 bridgehead atoms. The van der Waals surface area contributed by atoms with Crippen LogP contribution in [0.25, 0.3) is 0 Å². The fourth-order valence-corrected chi connectivity index (χ4v) is 31.1. The third-order valence-corrected chi connectivity index (χ3v) is 36.8. The predicted octanol–water partition coefficient (Wildman–Crippen LogP) is 17.1. The Morgan fingerprint density at radius 2 is 0.723 bits per heavy atom. The largest absolute Gasteiger partial charge is 0.463 e. The normalized spacial score (nSPS) is 36.0. The molecule has 0 spiro atoms. The number of hydrogen-bond donors (Lipinski definition) is 2. The van der Waals surface area contributed by atoms with E-state index in [-0.39, 0.29) is 122 Å². The Balaban J connectivity index is 0.554. The molecule has 3 aromatic rings. The lowest BCUT2D eigenvalue weighted by molar-refractivity contribution is -0.229. The van der Waals surface area contributed by atoms with Crippen molar-refractivity contribution in [3.63, 3.8) is 0 Å². The van der Waals surface area contributed by atoms with Crippen LogP contribution in [0.1, 0.15) is 323 Å². The standard InChI is InChI=1S/C102H136N2O24S2/c1-13-71(51-93(7,89(111)125-101-47-67-33-68(48-101)44-99(113,43-67)59-101)57-95(9,87(109)121-81-27-29-119-83(81)105)55-91(3,4)85(107)123-97(11)75-35-63-31-64(37-75)38-76(97)36-63)73-19-23-79(24-20-73)129(115,116)127-103-53-61-15-17-62(18-16-61)54-104-128-130(117,118)80-25-21-74(22-26-80)72(14-2)52-94(8,90(112)126-102-49-69-34-70(50-102)46-100(114,45-69)60-102)58-96(10,88(110)122-82-28-30-120-84(82)106)56-92(5,6)86(108)124-98(12)77-39-65-32-66(41-77)42-78(98)40-65/h15-26,53-54,63-72,75-78,81-82,113-114H,13-14,27-52,55-60H2,1-12H3/b103-53-,104-54-. The van der Waals surface area contributed by atoms with Crippen molar-refractivity contribution in [3.05, 3.63) is 95.1 Å². The number of benzene rings is 3. The average Bonchev–Trinajstić information content (AvgIpc) is 0.737. The fraction of sp³-hybridized carbons (Fsp3) is 0.725. The summed E-state index contributed by atoms with van der Waals surface area (Å²) in [5, 5.41) is 31.4. The number of carbonyl (C=O) groups excluding carboxylic acids is 8. The third kappa shape index (κ3) is 18.7. The van der Waals surface area contributed by atoms with Crippen molar-refractivity contribution in [3.8, 4) is 0 Å². The smallest absolute Gasteiger partial charge is 0.358 e. The Hall–Kier alpha value is -7.82. The van der Waals surface area contributed by atoms with Crippen LogP contribution in [0.15, 0.2) is 92.9 Å². The summed E-state index contributed by atoms with van der Waals surface area (Å²) in [4.78, 5) is 118. The van der Waals surface area contributed by atoms with Crippen LogP contribution in [0, 0.1) is 104 Å². The molecule has 28 heteroatoms. The van der Waals surface area contributed by atoms with Gasteiger partial charge in [0, 0.05) is 25.7 Å². The van der Waals surface area contributed by atoms with Gasteiger partial charge in [0.2, 0.25) is 12.2 Å². The molecule has 2 saturated heterocycles. The molecular weight excluding hydrogens is 1700 g/mol. The van der Waals surface area contributed by atoms with Gasteiger partial charge in [0.1, 0.15) is 32.2 Å². The van der Waals surface area contributed by atoms with Crippen molar-refractivity contribution in [2.45, 2.75) is 356 Å². The molecule has 21 rings (SSSR count). The molecule has 0 amide bonds. The maximum Gasteiger partial charge on any atom is 0.358 e. The minimum Gasteiger partial charge on any atom is -0.463 e. The van der Waals surface area contributed by atoms with Crippen LogP contribution < -0.4 is 0 Å². The van der Waals surface area contributed by atoms with E-state index >= 15 is 19.2 Å². The summed E-state index contributed by atoms with van der Waals surface area (Å²) in [6.07, 6.45) is 18.7. The molecule has 16 aliphatic carbocycles. The van der Waals surface area contributed by atoms with E-state index in [1.54, 1.807) is 104 Å². The molecule has 2 aliphatic heterocycles. The second kappa shape index (κ2) is 34.2. The predicted molar refractivity (Wildman–Crippen MR) is 476 cm³/mol. The molecule has 0 aromatic heterocycles. The molecule has 16 saturated carbocycles. The molecule has 0 radical (unpaired) electrons. The van der Waals surface area contributed by atoms with Crippen molar-refractivity contribution in [2.75, 3.05) is 13.2 Å². The van der Waals surface area contributed by atoms with Crippen LogP contribution in [-0.2, 0) is 105 Å². The summed E-state index contributed by atoms with van der Waals surface area (Å²) in [6, 6.07) is 18.4. The Labute approximate surface area is 766 Å². The lowest BCUT2D eigenvalue weighted by Gasteiger charge is -2.59. The second-order valence-corrected chi connectivity index (χ2v) is 49.7. The summed E-state index contributed by atoms with van der Waals surface area (Å²) in [6.45, 7) is 22.2. The minimum absolute atomic E-state index is 0.0627. The molecule has 2 heterocycles. The first kappa shape index (κ1) is 94.0. The number of rotatable bonds is 36. The van der Waals surface area contributed by atoms with E-state index in [4.69, 9.17) is 46.5 Å². The molecule has 26 nitrogen and oxygen atoms in total. The highest BCUT2D eigenvalue weighted by Gasteiger charge is 2.66. The van der Waals surface area contributed by atoms with Gasteiger partial charge in [-0.25, -0.2) is 9.59 Å². The number of ether oxygens (including phenoxy) is 8. The quantitative estimate of drug-likeness (QED) is 0.0236. The van der Waals surface area contributed by atoms with Crippen LogP contribution in [-0.4, -0.2) is 146 Å². The first-order chi connectivity index (χ1) is 61.0. The van der Waals surface area contributed by atoms with E-state index in [1.807, 2.05) is 13.8 Å². The molecule has 12 atom stereocenters. The minimum atomic E-state index is -4.53. The van der Waals surface area contributed by atoms with Gasteiger partial charge in [0.25, 0.3) is 0 Å². The molecule has 3 aromatic carbocycles. The Bertz CT molecular complexity index is 4770. The Morgan fingerprint density at radius 3 is 1.01 bits per heavy atom. The molecule has 18 aliphatic rings. The van der Waals surface area contributed by atoms with Gasteiger partial charge < -0.3 is 48.1 Å². The summed E-state index contributed by atoms with van der Waals surface area (Å²) in [5.41, 5.74) is -11.9. The zero-order chi connectivity index (χ0) is 92.7. The van der Waals surface area contributed by atoms with Crippen LogP contribution >= 0.6 is 0 Å². The van der Waals surface area contributed by atoms with Crippen molar-refractivity contribution < 1.29 is 112 Å². The summed E-state index contributed by atoms with van der Waals surface area (Å²) in [7, 11) is -9.07. The number of cyclic esters (lactones) is 2. The van der Waals surface area contributed by atoms with Gasteiger partial charge in [-0.15, -0.1) is 0 Å². The molecule has 18 fully saturated rings. The number of aliphatic hydroxyl groups is 2. The van der Waals surface area contributed by atoms with E-state index in [1.165, 1.54) is 49.5 Å². The van der Waals surface area contributed by atoms with E-state index < -0.39 is 158 Å². The van der Waals surface area contributed by atoms with E-state index in [0.717, 1.165) is 64.2 Å². The molecule has 2 N–H and O–H groups in total. The first-order valence-electron chi connectivity index (χ1n) is 48.4. The fourth-order valence-electron chi connectivity index (χ4n) is 29.7. The number of esters is 8. The van der Waals surface area contributed by atoms with Crippen LogP contribution in [0.3, 0.4) is 0 Å². The van der Waals surface area contributed by atoms with Crippen LogP contribution in [0.4, 0.5) is 0 Å². The zero-order valence-corrected chi connectivity index (χ0v) is 79.6.